The molecule has 3 aromatic rings. The van der Waals surface area contributed by atoms with Crippen LogP contribution in [0.2, 0.25) is 0 Å². The van der Waals surface area contributed by atoms with Gasteiger partial charge in [0.2, 0.25) is 5.95 Å². The summed E-state index contributed by atoms with van der Waals surface area (Å²) in [5.41, 5.74) is 15.1. The summed E-state index contributed by atoms with van der Waals surface area (Å²) < 4.78 is 5.15. The van der Waals surface area contributed by atoms with Gasteiger partial charge in [0, 0.05) is 18.4 Å². The van der Waals surface area contributed by atoms with Crippen molar-refractivity contribution in [1.29, 1.82) is 0 Å². The van der Waals surface area contributed by atoms with Crippen LogP contribution in [0, 0.1) is 6.92 Å². The van der Waals surface area contributed by atoms with Crippen LogP contribution in [0.25, 0.3) is 11.0 Å². The van der Waals surface area contributed by atoms with E-state index in [1.54, 1.807) is 13.3 Å². The molecule has 0 aliphatic carbocycles. The average molecular weight is 310 g/mol. The molecule has 0 saturated carbocycles. The summed E-state index contributed by atoms with van der Waals surface area (Å²) in [5.74, 6) is 1.30. The molecule has 0 unspecified atom stereocenters. The number of nitrogen functional groups attached to an aromatic ring is 2. The van der Waals surface area contributed by atoms with Gasteiger partial charge in [-0.2, -0.15) is 9.97 Å². The molecule has 5 N–H and O–H groups in total. The summed E-state index contributed by atoms with van der Waals surface area (Å²) in [6.45, 7) is 2.59. The molecular formula is C16H18N6O. The molecule has 0 spiro atoms. The zero-order chi connectivity index (χ0) is 16.4. The second kappa shape index (κ2) is 5.96. The standard InChI is InChI=1S/C16H18N6O/c1-9-10(7-19-11-3-5-12(23-2)6-4-11)8-20-15-13(9)14(17)21-16(18)22-15/h3-6,8,19H,7H2,1-2H3,(H4,17,18,20,21,22). The van der Waals surface area contributed by atoms with Crippen LogP contribution >= 0.6 is 0 Å². The van der Waals surface area contributed by atoms with E-state index in [0.29, 0.717) is 18.0 Å². The fourth-order valence-electron chi connectivity index (χ4n) is 2.42. The first-order valence-electron chi connectivity index (χ1n) is 7.13. The third-order valence-electron chi connectivity index (χ3n) is 3.71. The lowest BCUT2D eigenvalue weighted by molar-refractivity contribution is 0.415. The van der Waals surface area contributed by atoms with E-state index < -0.39 is 0 Å². The lowest BCUT2D eigenvalue weighted by Crippen LogP contribution is -2.07. The van der Waals surface area contributed by atoms with Gasteiger partial charge in [0.25, 0.3) is 0 Å². The van der Waals surface area contributed by atoms with Crippen molar-refractivity contribution in [3.05, 3.63) is 41.6 Å². The van der Waals surface area contributed by atoms with Gasteiger partial charge < -0.3 is 21.5 Å². The number of ether oxygens (including phenoxy) is 1. The van der Waals surface area contributed by atoms with Crippen LogP contribution < -0.4 is 21.5 Å². The fraction of sp³-hybridized carbons (Fsp3) is 0.188. The van der Waals surface area contributed by atoms with Gasteiger partial charge >= 0.3 is 0 Å². The van der Waals surface area contributed by atoms with Gasteiger partial charge in [-0.3, -0.25) is 0 Å². The SMILES string of the molecule is COc1ccc(NCc2cnc3nc(N)nc(N)c3c2C)cc1. The number of fused-ring (bicyclic) bond motifs is 1. The second-order valence-electron chi connectivity index (χ2n) is 5.16. The predicted octanol–water partition coefficient (Wildman–Crippen LogP) is 2.12. The fourth-order valence-corrected chi connectivity index (χ4v) is 2.42. The summed E-state index contributed by atoms with van der Waals surface area (Å²) >= 11 is 0. The van der Waals surface area contributed by atoms with Crippen LogP contribution in [-0.4, -0.2) is 22.1 Å². The van der Waals surface area contributed by atoms with E-state index in [0.717, 1.165) is 28.0 Å². The van der Waals surface area contributed by atoms with Gasteiger partial charge in [-0.15, -0.1) is 0 Å². The van der Waals surface area contributed by atoms with Crippen LogP contribution in [0.15, 0.2) is 30.5 Å². The van der Waals surface area contributed by atoms with E-state index in [4.69, 9.17) is 16.2 Å². The van der Waals surface area contributed by atoms with E-state index in [1.807, 2.05) is 31.2 Å². The van der Waals surface area contributed by atoms with Gasteiger partial charge in [0.15, 0.2) is 5.65 Å². The number of anilines is 3. The molecule has 0 saturated heterocycles. The molecular weight excluding hydrogens is 292 g/mol. The van der Waals surface area contributed by atoms with Gasteiger partial charge in [-0.1, -0.05) is 0 Å². The Bertz CT molecular complexity index is 847. The molecule has 2 aromatic heterocycles. The molecule has 1 aromatic carbocycles. The molecule has 118 valence electrons. The van der Waals surface area contributed by atoms with E-state index in [9.17, 15) is 0 Å². The molecule has 2 heterocycles. The third kappa shape index (κ3) is 2.94. The number of aryl methyl sites for hydroxylation is 1. The van der Waals surface area contributed by atoms with E-state index in [-0.39, 0.29) is 5.95 Å². The molecule has 0 aliphatic heterocycles. The Labute approximate surface area is 133 Å². The predicted molar refractivity (Wildman–Crippen MR) is 91.2 cm³/mol. The van der Waals surface area contributed by atoms with Gasteiger partial charge in [0.05, 0.1) is 12.5 Å². The van der Waals surface area contributed by atoms with Crippen molar-refractivity contribution in [3.8, 4) is 5.75 Å². The monoisotopic (exact) mass is 310 g/mol. The van der Waals surface area contributed by atoms with Crippen molar-refractivity contribution < 1.29 is 4.74 Å². The third-order valence-corrected chi connectivity index (χ3v) is 3.71. The van der Waals surface area contributed by atoms with Gasteiger partial charge in [-0.25, -0.2) is 4.98 Å². The molecule has 7 heteroatoms. The maximum atomic E-state index is 5.96. The number of methoxy groups -OCH3 is 1. The van der Waals surface area contributed by atoms with Gasteiger partial charge in [0.1, 0.15) is 11.6 Å². The Morgan fingerprint density at radius 3 is 2.57 bits per heavy atom. The molecule has 0 fully saturated rings. The number of aromatic nitrogens is 3. The molecule has 23 heavy (non-hydrogen) atoms. The minimum Gasteiger partial charge on any atom is -0.497 e. The maximum absolute atomic E-state index is 5.96. The van der Waals surface area contributed by atoms with E-state index >= 15 is 0 Å². The Hall–Kier alpha value is -3.09. The highest BCUT2D eigenvalue weighted by Gasteiger charge is 2.11. The summed E-state index contributed by atoms with van der Waals surface area (Å²) in [7, 11) is 1.64. The smallest absolute Gasteiger partial charge is 0.224 e. The van der Waals surface area contributed by atoms with Crippen LogP contribution in [0.5, 0.6) is 5.75 Å². The van der Waals surface area contributed by atoms with Crippen molar-refractivity contribution in [1.82, 2.24) is 15.0 Å². The number of nitrogens with two attached hydrogens (primary N) is 2. The van der Waals surface area contributed by atoms with Crippen LogP contribution in [0.4, 0.5) is 17.5 Å². The number of hydrogen-bond acceptors (Lipinski definition) is 7. The summed E-state index contributed by atoms with van der Waals surface area (Å²) in [5, 5.41) is 4.09. The zero-order valence-corrected chi connectivity index (χ0v) is 13.0. The van der Waals surface area contributed by atoms with Crippen LogP contribution in [0.3, 0.4) is 0 Å². The lowest BCUT2D eigenvalue weighted by atomic mass is 10.1. The topological polar surface area (TPSA) is 112 Å². The number of rotatable bonds is 4. The molecule has 0 aliphatic rings. The Kier molecular flexibility index (Phi) is 3.84. The highest BCUT2D eigenvalue weighted by atomic mass is 16.5. The maximum Gasteiger partial charge on any atom is 0.224 e. The van der Waals surface area contributed by atoms with Crippen LogP contribution in [-0.2, 0) is 6.54 Å². The van der Waals surface area contributed by atoms with Crippen LogP contribution in [0.1, 0.15) is 11.1 Å². The summed E-state index contributed by atoms with van der Waals surface area (Å²) in [4.78, 5) is 12.5. The minimum atomic E-state index is 0.131. The average Bonchev–Trinajstić information content (AvgIpc) is 2.54. The first-order valence-corrected chi connectivity index (χ1v) is 7.13. The Morgan fingerprint density at radius 1 is 1.13 bits per heavy atom. The first kappa shape index (κ1) is 14.8. The summed E-state index contributed by atoms with van der Waals surface area (Å²) in [6, 6.07) is 7.73. The molecule has 0 amide bonds. The number of hydrogen-bond donors (Lipinski definition) is 3. The lowest BCUT2D eigenvalue weighted by Gasteiger charge is -2.12. The largest absolute Gasteiger partial charge is 0.497 e. The molecule has 0 radical (unpaired) electrons. The number of nitrogens with one attached hydrogen (secondary N) is 1. The highest BCUT2D eigenvalue weighted by Crippen LogP contribution is 2.24. The second-order valence-corrected chi connectivity index (χ2v) is 5.16. The van der Waals surface area contributed by atoms with Crippen molar-refractivity contribution >= 4 is 28.5 Å². The molecule has 0 bridgehead atoms. The zero-order valence-electron chi connectivity index (χ0n) is 13.0. The number of nitrogens with zero attached hydrogens (tertiary/aromatic N) is 3. The van der Waals surface area contributed by atoms with E-state index in [1.165, 1.54) is 0 Å². The van der Waals surface area contributed by atoms with Crippen molar-refractivity contribution in [3.63, 3.8) is 0 Å². The Morgan fingerprint density at radius 2 is 1.87 bits per heavy atom. The van der Waals surface area contributed by atoms with Gasteiger partial charge in [-0.05, 0) is 42.3 Å². The molecule has 0 atom stereocenters. The quantitative estimate of drug-likeness (QED) is 0.676. The van der Waals surface area contributed by atoms with Crippen molar-refractivity contribution in [2.45, 2.75) is 13.5 Å². The first-order chi connectivity index (χ1) is 11.1. The van der Waals surface area contributed by atoms with E-state index in [2.05, 4.69) is 20.3 Å². The molecule has 3 rings (SSSR count). The minimum absolute atomic E-state index is 0.131. The Balaban J connectivity index is 1.86. The normalized spacial score (nSPS) is 10.7. The van der Waals surface area contributed by atoms with Crippen molar-refractivity contribution in [2.24, 2.45) is 0 Å². The van der Waals surface area contributed by atoms with Crippen molar-refractivity contribution in [2.75, 3.05) is 23.9 Å². The number of pyridine rings is 1. The summed E-state index contributed by atoms with van der Waals surface area (Å²) in [6.07, 6.45) is 1.78. The number of benzene rings is 1. The molecule has 7 nitrogen and oxygen atoms in total. The highest BCUT2D eigenvalue weighted by molar-refractivity contribution is 5.89.